The second kappa shape index (κ2) is 7.54. The Morgan fingerprint density at radius 1 is 1.00 bits per heavy atom. The predicted octanol–water partition coefficient (Wildman–Crippen LogP) is 4.77. The molecule has 1 aromatic carbocycles. The van der Waals surface area contributed by atoms with Crippen molar-refractivity contribution in [2.24, 2.45) is 0 Å². The molecule has 1 fully saturated rings. The van der Waals surface area contributed by atoms with Crippen LogP contribution in [-0.4, -0.2) is 39.3 Å². The molecule has 2 rings (SSSR count). The Hall–Kier alpha value is -0.818. The van der Waals surface area contributed by atoms with Crippen LogP contribution in [0, 0.1) is 0 Å². The summed E-state index contributed by atoms with van der Waals surface area (Å²) in [6.07, 6.45) is 0.00169. The summed E-state index contributed by atoms with van der Waals surface area (Å²) in [6, 6.07) is 7.98. The van der Waals surface area contributed by atoms with E-state index < -0.39 is 8.32 Å². The van der Waals surface area contributed by atoms with Gasteiger partial charge in [0.2, 0.25) is 0 Å². The van der Waals surface area contributed by atoms with Crippen molar-refractivity contribution >= 4 is 20.9 Å². The van der Waals surface area contributed by atoms with Gasteiger partial charge >= 0.3 is 7.12 Å². The molecule has 0 saturated carbocycles. The molecule has 0 radical (unpaired) electrons. The summed E-state index contributed by atoms with van der Waals surface area (Å²) in [6.45, 7) is 22.2. The molecule has 152 valence electrons. The lowest BCUT2D eigenvalue weighted by atomic mass is 9.79. The summed E-state index contributed by atoms with van der Waals surface area (Å²) in [4.78, 5) is 0. The lowest BCUT2D eigenvalue weighted by Crippen LogP contribution is -2.43. The van der Waals surface area contributed by atoms with Crippen LogP contribution < -0.4 is 10.2 Å². The van der Waals surface area contributed by atoms with Crippen molar-refractivity contribution < 1.29 is 18.5 Å². The molecule has 1 aliphatic heterocycles. The van der Waals surface area contributed by atoms with E-state index in [1.54, 1.807) is 0 Å². The zero-order chi connectivity index (χ0) is 20.7. The average molecular weight is 392 g/mol. The zero-order valence-corrected chi connectivity index (χ0v) is 19.8. The molecule has 0 amide bonds. The maximum absolute atomic E-state index is 6.25. The first-order valence-corrected chi connectivity index (χ1v) is 12.8. The van der Waals surface area contributed by atoms with Gasteiger partial charge in [0.05, 0.1) is 17.8 Å². The third-order valence-corrected chi connectivity index (χ3v) is 10.7. The van der Waals surface area contributed by atoms with Gasteiger partial charge in [-0.1, -0.05) is 32.9 Å². The molecule has 1 unspecified atom stereocenters. The van der Waals surface area contributed by atoms with E-state index in [4.69, 9.17) is 18.5 Å². The van der Waals surface area contributed by atoms with Crippen molar-refractivity contribution in [2.45, 2.75) is 90.8 Å². The highest BCUT2D eigenvalue weighted by Gasteiger charge is 2.51. The highest BCUT2D eigenvalue weighted by atomic mass is 28.4. The SMILES string of the molecule is CC(CO[Si](C)(C)C(C)(C)C)Oc1ccc(B2OC(C)(C)C(C)(C)O2)cc1. The summed E-state index contributed by atoms with van der Waals surface area (Å²) in [7, 11) is -2.10. The summed E-state index contributed by atoms with van der Waals surface area (Å²) in [5, 5.41) is 0.206. The highest BCUT2D eigenvalue weighted by Crippen LogP contribution is 2.37. The average Bonchev–Trinajstić information content (AvgIpc) is 2.73. The largest absolute Gasteiger partial charge is 0.494 e. The van der Waals surface area contributed by atoms with Crippen LogP contribution in [0.3, 0.4) is 0 Å². The summed E-state index contributed by atoms with van der Waals surface area (Å²) in [5.41, 5.74) is 0.344. The van der Waals surface area contributed by atoms with Gasteiger partial charge < -0.3 is 18.5 Å². The Kier molecular flexibility index (Phi) is 6.28. The van der Waals surface area contributed by atoms with E-state index in [0.29, 0.717) is 6.61 Å². The minimum atomic E-state index is -1.75. The molecule has 1 heterocycles. The van der Waals surface area contributed by atoms with Gasteiger partial charge in [0.1, 0.15) is 11.9 Å². The van der Waals surface area contributed by atoms with Gasteiger partial charge in [-0.25, -0.2) is 0 Å². The molecule has 0 aromatic heterocycles. The fourth-order valence-electron chi connectivity index (χ4n) is 2.49. The van der Waals surface area contributed by atoms with Gasteiger partial charge in [0, 0.05) is 0 Å². The van der Waals surface area contributed by atoms with Gasteiger partial charge in [0.25, 0.3) is 0 Å². The molecule has 27 heavy (non-hydrogen) atoms. The predicted molar refractivity (Wildman–Crippen MR) is 115 cm³/mol. The topological polar surface area (TPSA) is 36.9 Å². The summed E-state index contributed by atoms with van der Waals surface area (Å²) < 4.78 is 24.5. The van der Waals surface area contributed by atoms with Crippen LogP contribution in [0.25, 0.3) is 0 Å². The molecule has 1 atom stereocenters. The number of rotatable bonds is 6. The monoisotopic (exact) mass is 392 g/mol. The standard InChI is InChI=1S/C21H37BO4Si/c1-16(15-23-27(9,10)19(2,3)4)24-18-13-11-17(12-14-18)22-25-20(5,6)21(7,8)26-22/h11-14,16H,15H2,1-10H3. The van der Waals surface area contributed by atoms with E-state index in [0.717, 1.165) is 11.2 Å². The Labute approximate surface area is 167 Å². The zero-order valence-electron chi connectivity index (χ0n) is 18.8. The van der Waals surface area contributed by atoms with Crippen molar-refractivity contribution in [1.82, 2.24) is 0 Å². The van der Waals surface area contributed by atoms with E-state index in [1.807, 2.05) is 24.3 Å². The third kappa shape index (κ3) is 5.17. The molecule has 4 nitrogen and oxygen atoms in total. The van der Waals surface area contributed by atoms with Crippen molar-refractivity contribution in [3.8, 4) is 5.75 Å². The number of hydrogen-bond donors (Lipinski definition) is 0. The molecule has 1 aromatic rings. The van der Waals surface area contributed by atoms with Crippen molar-refractivity contribution in [2.75, 3.05) is 6.61 Å². The summed E-state index contributed by atoms with van der Waals surface area (Å²) >= 11 is 0. The van der Waals surface area contributed by atoms with Crippen LogP contribution in [0.1, 0.15) is 55.4 Å². The molecule has 0 spiro atoms. The molecule has 0 N–H and O–H groups in total. The van der Waals surface area contributed by atoms with Crippen molar-refractivity contribution in [3.63, 3.8) is 0 Å². The van der Waals surface area contributed by atoms with Gasteiger partial charge in [-0.05, 0) is 70.3 Å². The van der Waals surface area contributed by atoms with Crippen LogP contribution in [0.15, 0.2) is 24.3 Å². The van der Waals surface area contributed by atoms with Crippen LogP contribution in [0.4, 0.5) is 0 Å². The number of benzene rings is 1. The van der Waals surface area contributed by atoms with Crippen molar-refractivity contribution in [1.29, 1.82) is 0 Å². The number of hydrogen-bond acceptors (Lipinski definition) is 4. The van der Waals surface area contributed by atoms with E-state index in [1.165, 1.54) is 0 Å². The van der Waals surface area contributed by atoms with Gasteiger partial charge in [-0.3, -0.25) is 0 Å². The lowest BCUT2D eigenvalue weighted by molar-refractivity contribution is 0.00578. The first-order chi connectivity index (χ1) is 12.1. The molecule has 0 aliphatic carbocycles. The molecule has 6 heteroatoms. The quantitative estimate of drug-likeness (QED) is 0.653. The molecule has 0 bridgehead atoms. The third-order valence-electron chi connectivity index (χ3n) is 6.23. The second-order valence-electron chi connectivity index (χ2n) is 10.2. The lowest BCUT2D eigenvalue weighted by Gasteiger charge is -2.36. The van der Waals surface area contributed by atoms with E-state index in [-0.39, 0.29) is 29.5 Å². The minimum absolute atomic E-state index is 0.00169. The maximum atomic E-state index is 6.25. The van der Waals surface area contributed by atoms with Gasteiger partial charge in [-0.15, -0.1) is 0 Å². The van der Waals surface area contributed by atoms with Crippen LogP contribution in [0.5, 0.6) is 5.75 Å². The maximum Gasteiger partial charge on any atom is 0.494 e. The van der Waals surface area contributed by atoms with Crippen molar-refractivity contribution in [3.05, 3.63) is 24.3 Å². The Balaban J connectivity index is 1.93. The Morgan fingerprint density at radius 3 is 1.93 bits per heavy atom. The van der Waals surface area contributed by atoms with Gasteiger partial charge in [0.15, 0.2) is 8.32 Å². The fraction of sp³-hybridized carbons (Fsp3) is 0.714. The van der Waals surface area contributed by atoms with Gasteiger partial charge in [-0.2, -0.15) is 0 Å². The fourth-order valence-corrected chi connectivity index (χ4v) is 3.58. The Morgan fingerprint density at radius 2 is 1.48 bits per heavy atom. The molecular formula is C21H37BO4Si. The second-order valence-corrected chi connectivity index (χ2v) is 15.0. The normalized spacial score (nSPS) is 20.6. The molecule has 1 saturated heterocycles. The first-order valence-electron chi connectivity index (χ1n) is 9.91. The smallest absolute Gasteiger partial charge is 0.488 e. The number of ether oxygens (including phenoxy) is 1. The first kappa shape index (κ1) is 22.5. The van der Waals surface area contributed by atoms with Crippen LogP contribution in [-0.2, 0) is 13.7 Å². The Bertz CT molecular complexity index is 619. The summed E-state index contributed by atoms with van der Waals surface area (Å²) in [5.74, 6) is 0.835. The van der Waals surface area contributed by atoms with E-state index in [2.05, 4.69) is 68.5 Å². The molecular weight excluding hydrogens is 355 g/mol. The van der Waals surface area contributed by atoms with E-state index >= 15 is 0 Å². The highest BCUT2D eigenvalue weighted by molar-refractivity contribution is 6.74. The molecule has 1 aliphatic rings. The van der Waals surface area contributed by atoms with Crippen LogP contribution >= 0.6 is 0 Å². The van der Waals surface area contributed by atoms with Crippen LogP contribution in [0.2, 0.25) is 18.1 Å². The minimum Gasteiger partial charge on any atom is -0.488 e. The van der Waals surface area contributed by atoms with E-state index in [9.17, 15) is 0 Å².